The van der Waals surface area contributed by atoms with Crippen LogP contribution in [0.1, 0.15) is 18.1 Å². The van der Waals surface area contributed by atoms with Crippen molar-refractivity contribution in [2.45, 2.75) is 30.4 Å². The number of benzene rings is 1. The molecule has 2 atom stereocenters. The molecule has 0 bridgehead atoms. The molecule has 0 amide bonds. The van der Waals surface area contributed by atoms with Gasteiger partial charge >= 0.3 is 0 Å². The molecule has 1 heterocycles. The zero-order chi connectivity index (χ0) is 12.9. The highest BCUT2D eigenvalue weighted by Gasteiger charge is 2.39. The minimum atomic E-state index is -3.23. The van der Waals surface area contributed by atoms with Crippen molar-refractivity contribution in [3.05, 3.63) is 53.1 Å². The van der Waals surface area contributed by atoms with Crippen LogP contribution in [0.2, 0.25) is 0 Å². The molecule has 0 spiro atoms. The fourth-order valence-corrected chi connectivity index (χ4v) is 5.02. The lowest BCUT2D eigenvalue weighted by molar-refractivity contribution is 0.541. The topological polar surface area (TPSA) is 34.1 Å². The fourth-order valence-electron chi connectivity index (χ4n) is 2.82. The molecule has 3 rings (SSSR count). The van der Waals surface area contributed by atoms with Crippen LogP contribution in [0.4, 0.5) is 0 Å². The van der Waals surface area contributed by atoms with E-state index in [1.54, 1.807) is 0 Å². The summed E-state index contributed by atoms with van der Waals surface area (Å²) < 4.78 is 25.3. The van der Waals surface area contributed by atoms with Crippen molar-refractivity contribution in [2.75, 3.05) is 0 Å². The number of fused-ring (bicyclic) bond motifs is 2. The molecule has 0 saturated carbocycles. The minimum absolute atomic E-state index is 0.0916. The Morgan fingerprint density at radius 1 is 1.22 bits per heavy atom. The van der Waals surface area contributed by atoms with E-state index in [1.807, 2.05) is 50.3 Å². The molecule has 0 N–H and O–H groups in total. The first kappa shape index (κ1) is 11.7. The zero-order valence-electron chi connectivity index (χ0n) is 10.6. The molecule has 2 unspecified atom stereocenters. The molecule has 0 aromatic heterocycles. The first-order valence-corrected chi connectivity index (χ1v) is 7.73. The molecule has 2 aliphatic rings. The average molecular weight is 260 g/mol. The van der Waals surface area contributed by atoms with Crippen LogP contribution >= 0.6 is 0 Å². The highest BCUT2D eigenvalue weighted by atomic mass is 32.2. The predicted octanol–water partition coefficient (Wildman–Crippen LogP) is 2.83. The van der Waals surface area contributed by atoms with E-state index in [1.165, 1.54) is 0 Å². The summed E-state index contributed by atoms with van der Waals surface area (Å²) in [6.45, 7) is 3.89. The van der Waals surface area contributed by atoms with Crippen molar-refractivity contribution in [1.82, 2.24) is 0 Å². The van der Waals surface area contributed by atoms with Crippen LogP contribution in [0.5, 0.6) is 0 Å². The maximum absolute atomic E-state index is 12.7. The molecule has 1 aliphatic carbocycles. The van der Waals surface area contributed by atoms with Gasteiger partial charge in [0.25, 0.3) is 0 Å². The largest absolute Gasteiger partial charge is 0.223 e. The van der Waals surface area contributed by atoms with Gasteiger partial charge in [0.2, 0.25) is 0 Å². The Hall–Kier alpha value is -1.35. The van der Waals surface area contributed by atoms with E-state index in [0.717, 1.165) is 23.1 Å². The second-order valence-corrected chi connectivity index (χ2v) is 7.33. The zero-order valence-corrected chi connectivity index (χ0v) is 11.4. The van der Waals surface area contributed by atoms with Gasteiger partial charge in [0.15, 0.2) is 9.84 Å². The summed E-state index contributed by atoms with van der Waals surface area (Å²) in [5.74, 6) is 0.0916. The van der Waals surface area contributed by atoms with Gasteiger partial charge in [0, 0.05) is 5.92 Å². The monoisotopic (exact) mass is 260 g/mol. The van der Waals surface area contributed by atoms with Crippen molar-refractivity contribution in [3.63, 3.8) is 0 Å². The van der Waals surface area contributed by atoms with Crippen LogP contribution in [0.15, 0.2) is 46.9 Å². The molecule has 18 heavy (non-hydrogen) atoms. The molecule has 0 saturated heterocycles. The van der Waals surface area contributed by atoms with E-state index in [-0.39, 0.29) is 11.2 Å². The van der Waals surface area contributed by atoms with Gasteiger partial charge in [0.1, 0.15) is 0 Å². The van der Waals surface area contributed by atoms with Crippen molar-refractivity contribution >= 4 is 9.84 Å². The second-order valence-electron chi connectivity index (χ2n) is 5.26. The van der Waals surface area contributed by atoms with Crippen LogP contribution in [-0.2, 0) is 16.3 Å². The van der Waals surface area contributed by atoms with E-state index >= 15 is 0 Å². The van der Waals surface area contributed by atoms with E-state index in [2.05, 4.69) is 0 Å². The molecular weight excluding hydrogens is 244 g/mol. The van der Waals surface area contributed by atoms with Crippen molar-refractivity contribution in [3.8, 4) is 0 Å². The molecule has 0 fully saturated rings. The molecule has 1 aromatic rings. The summed E-state index contributed by atoms with van der Waals surface area (Å²) >= 11 is 0. The number of rotatable bonds is 0. The standard InChI is InChI=1S/C15H16O2S/c1-10-3-5-12-9-13-6-4-11(2)8-15(13)18(16,17)14(12)7-10/h3-8,12,14H,9H2,1-2H3. The van der Waals surface area contributed by atoms with E-state index in [4.69, 9.17) is 0 Å². The van der Waals surface area contributed by atoms with Gasteiger partial charge in [-0.1, -0.05) is 35.9 Å². The Morgan fingerprint density at radius 3 is 2.78 bits per heavy atom. The smallest absolute Gasteiger partial charge is 0.185 e. The van der Waals surface area contributed by atoms with Gasteiger partial charge in [-0.2, -0.15) is 0 Å². The van der Waals surface area contributed by atoms with Crippen molar-refractivity contribution in [2.24, 2.45) is 5.92 Å². The van der Waals surface area contributed by atoms with Gasteiger partial charge < -0.3 is 0 Å². The molecule has 1 aliphatic heterocycles. The maximum Gasteiger partial charge on any atom is 0.185 e. The third-order valence-corrected chi connectivity index (χ3v) is 5.99. The van der Waals surface area contributed by atoms with Crippen molar-refractivity contribution in [1.29, 1.82) is 0 Å². The van der Waals surface area contributed by atoms with Crippen LogP contribution in [0.25, 0.3) is 0 Å². The highest BCUT2D eigenvalue weighted by Crippen LogP contribution is 2.37. The Morgan fingerprint density at radius 2 is 2.00 bits per heavy atom. The fraction of sp³-hybridized carbons (Fsp3) is 0.333. The molecule has 1 aromatic carbocycles. The van der Waals surface area contributed by atoms with Crippen LogP contribution < -0.4 is 0 Å². The number of hydrogen-bond acceptors (Lipinski definition) is 2. The summed E-state index contributed by atoms with van der Waals surface area (Å²) in [4.78, 5) is 0.531. The van der Waals surface area contributed by atoms with E-state index < -0.39 is 9.84 Å². The third-order valence-electron chi connectivity index (χ3n) is 3.80. The summed E-state index contributed by atoms with van der Waals surface area (Å²) in [7, 11) is -3.23. The number of sulfone groups is 1. The second kappa shape index (κ2) is 3.82. The number of aryl methyl sites for hydroxylation is 1. The maximum atomic E-state index is 12.7. The van der Waals surface area contributed by atoms with Gasteiger partial charge in [0.05, 0.1) is 10.1 Å². The van der Waals surface area contributed by atoms with E-state index in [0.29, 0.717) is 4.90 Å². The number of hydrogen-bond donors (Lipinski definition) is 0. The summed E-state index contributed by atoms with van der Waals surface area (Å²) in [6, 6.07) is 5.75. The lowest BCUT2D eigenvalue weighted by Gasteiger charge is -2.31. The van der Waals surface area contributed by atoms with Gasteiger partial charge in [-0.25, -0.2) is 8.42 Å². The Bertz CT molecular complexity index is 666. The molecular formula is C15H16O2S. The highest BCUT2D eigenvalue weighted by molar-refractivity contribution is 7.92. The lowest BCUT2D eigenvalue weighted by Crippen LogP contribution is -2.35. The first-order chi connectivity index (χ1) is 8.48. The molecule has 2 nitrogen and oxygen atoms in total. The van der Waals surface area contributed by atoms with Gasteiger partial charge in [-0.05, 0) is 37.5 Å². The SMILES string of the molecule is CC1=CC2C(C=C1)Cc1ccc(C)cc1S2(=O)=O. The minimum Gasteiger partial charge on any atom is -0.223 e. The van der Waals surface area contributed by atoms with Crippen LogP contribution in [0.3, 0.4) is 0 Å². The summed E-state index contributed by atoms with van der Waals surface area (Å²) in [5.41, 5.74) is 3.00. The summed E-state index contributed by atoms with van der Waals surface area (Å²) in [6.07, 6.45) is 6.78. The van der Waals surface area contributed by atoms with Crippen LogP contribution in [0, 0.1) is 12.8 Å². The average Bonchev–Trinajstić information content (AvgIpc) is 2.32. The predicted molar refractivity (Wildman–Crippen MR) is 72.2 cm³/mol. The molecule has 3 heteroatoms. The third kappa shape index (κ3) is 1.65. The first-order valence-electron chi connectivity index (χ1n) is 6.18. The Kier molecular flexibility index (Phi) is 2.49. The Labute approximate surface area is 108 Å². The van der Waals surface area contributed by atoms with E-state index in [9.17, 15) is 8.42 Å². The Balaban J connectivity index is 2.22. The van der Waals surface area contributed by atoms with Crippen molar-refractivity contribution < 1.29 is 8.42 Å². The quantitative estimate of drug-likeness (QED) is 0.719. The van der Waals surface area contributed by atoms with Crippen LogP contribution in [-0.4, -0.2) is 13.7 Å². The summed E-state index contributed by atoms with van der Waals surface area (Å²) in [5, 5.41) is -0.378. The van der Waals surface area contributed by atoms with Gasteiger partial charge in [-0.3, -0.25) is 0 Å². The molecule has 0 radical (unpaired) electrons. The number of allylic oxidation sites excluding steroid dienone is 3. The lowest BCUT2D eigenvalue weighted by atomic mass is 9.90. The van der Waals surface area contributed by atoms with Gasteiger partial charge in [-0.15, -0.1) is 0 Å². The normalized spacial score (nSPS) is 28.2. The molecule has 94 valence electrons.